The topological polar surface area (TPSA) is 58.6 Å². The zero-order chi connectivity index (χ0) is 19.4. The lowest BCUT2D eigenvalue weighted by Crippen LogP contribution is -2.30. The second-order valence-electron chi connectivity index (χ2n) is 6.50. The monoisotopic (exact) mass is 362 g/mol. The summed E-state index contributed by atoms with van der Waals surface area (Å²) in [6.45, 7) is 1.56. The standard InChI is InChI=1S/C22H22N2O3/c1-15(27-22(26)17-11-13-18(14-12-17)24(2)3)21(25)23-20-10-6-8-16-7-4-5-9-19(16)20/h4-15H,1-3H3,(H,23,25)/t15-/m1/s1. The molecule has 0 aliphatic carbocycles. The second kappa shape index (κ2) is 7.91. The number of hydrogen-bond donors (Lipinski definition) is 1. The van der Waals surface area contributed by atoms with Gasteiger partial charge in [-0.2, -0.15) is 0 Å². The molecule has 0 saturated heterocycles. The maximum atomic E-state index is 12.5. The van der Waals surface area contributed by atoms with Crippen LogP contribution in [0.5, 0.6) is 0 Å². The van der Waals surface area contributed by atoms with Gasteiger partial charge in [0, 0.05) is 30.9 Å². The summed E-state index contributed by atoms with van der Waals surface area (Å²) in [5, 5.41) is 4.81. The van der Waals surface area contributed by atoms with Crippen molar-refractivity contribution in [1.82, 2.24) is 0 Å². The molecule has 1 atom stereocenters. The third kappa shape index (κ3) is 4.26. The van der Waals surface area contributed by atoms with E-state index in [2.05, 4.69) is 5.32 Å². The Hall–Kier alpha value is -3.34. The molecule has 3 aromatic carbocycles. The lowest BCUT2D eigenvalue weighted by Gasteiger charge is -2.15. The van der Waals surface area contributed by atoms with Crippen LogP contribution in [0.25, 0.3) is 10.8 Å². The number of fused-ring (bicyclic) bond motifs is 1. The number of hydrogen-bond acceptors (Lipinski definition) is 4. The van der Waals surface area contributed by atoms with Crippen LogP contribution in [0.3, 0.4) is 0 Å². The molecule has 0 unspecified atom stereocenters. The van der Waals surface area contributed by atoms with Crippen molar-refractivity contribution in [2.75, 3.05) is 24.3 Å². The van der Waals surface area contributed by atoms with Crippen LogP contribution in [0.1, 0.15) is 17.3 Å². The molecule has 5 heteroatoms. The molecule has 0 fully saturated rings. The van der Waals surface area contributed by atoms with Gasteiger partial charge in [0.05, 0.1) is 5.56 Å². The Labute approximate surface area is 158 Å². The van der Waals surface area contributed by atoms with E-state index < -0.39 is 12.1 Å². The molecule has 1 amide bonds. The van der Waals surface area contributed by atoms with E-state index in [1.54, 1.807) is 19.1 Å². The Kier molecular flexibility index (Phi) is 5.41. The highest BCUT2D eigenvalue weighted by molar-refractivity contribution is 6.04. The number of nitrogens with zero attached hydrogens (tertiary/aromatic N) is 1. The number of esters is 1. The third-order valence-corrected chi connectivity index (χ3v) is 4.32. The second-order valence-corrected chi connectivity index (χ2v) is 6.50. The summed E-state index contributed by atoms with van der Waals surface area (Å²) in [5.74, 6) is -0.898. The van der Waals surface area contributed by atoms with E-state index in [0.717, 1.165) is 16.5 Å². The van der Waals surface area contributed by atoms with Crippen molar-refractivity contribution in [1.29, 1.82) is 0 Å². The number of amides is 1. The van der Waals surface area contributed by atoms with E-state index in [1.165, 1.54) is 0 Å². The first-order valence-corrected chi connectivity index (χ1v) is 8.72. The van der Waals surface area contributed by atoms with Crippen molar-refractivity contribution in [3.63, 3.8) is 0 Å². The molecule has 3 rings (SSSR count). The van der Waals surface area contributed by atoms with Crippen molar-refractivity contribution >= 4 is 34.0 Å². The number of nitrogens with one attached hydrogen (secondary N) is 1. The summed E-state index contributed by atoms with van der Waals surface area (Å²) < 4.78 is 5.32. The predicted molar refractivity (Wildman–Crippen MR) is 108 cm³/mol. The van der Waals surface area contributed by atoms with Crippen molar-refractivity contribution in [3.05, 3.63) is 72.3 Å². The molecular weight excluding hydrogens is 340 g/mol. The Bertz CT molecular complexity index is 959. The quantitative estimate of drug-likeness (QED) is 0.695. The molecule has 138 valence electrons. The number of ether oxygens (including phenoxy) is 1. The zero-order valence-corrected chi connectivity index (χ0v) is 15.6. The molecule has 1 N–H and O–H groups in total. The van der Waals surface area contributed by atoms with Gasteiger partial charge in [0.25, 0.3) is 5.91 Å². The van der Waals surface area contributed by atoms with Crippen molar-refractivity contribution in [2.24, 2.45) is 0 Å². The first kappa shape index (κ1) is 18.5. The van der Waals surface area contributed by atoms with Crippen LogP contribution < -0.4 is 10.2 Å². The van der Waals surface area contributed by atoms with E-state index in [4.69, 9.17) is 4.74 Å². The van der Waals surface area contributed by atoms with E-state index in [-0.39, 0.29) is 5.91 Å². The normalized spacial score (nSPS) is 11.7. The first-order valence-electron chi connectivity index (χ1n) is 8.72. The highest BCUT2D eigenvalue weighted by atomic mass is 16.5. The molecule has 5 nitrogen and oxygen atoms in total. The van der Waals surface area contributed by atoms with Crippen LogP contribution in [-0.4, -0.2) is 32.1 Å². The Morgan fingerprint density at radius 2 is 1.59 bits per heavy atom. The molecule has 0 heterocycles. The van der Waals surface area contributed by atoms with Gasteiger partial charge >= 0.3 is 5.97 Å². The Morgan fingerprint density at radius 1 is 0.926 bits per heavy atom. The van der Waals surface area contributed by atoms with Gasteiger partial charge in [0.1, 0.15) is 0 Å². The number of carbonyl (C=O) groups is 2. The van der Waals surface area contributed by atoms with Crippen molar-refractivity contribution in [2.45, 2.75) is 13.0 Å². The smallest absolute Gasteiger partial charge is 0.338 e. The summed E-state index contributed by atoms with van der Waals surface area (Å²) in [6, 6.07) is 20.5. The Morgan fingerprint density at radius 3 is 2.30 bits per heavy atom. The molecule has 0 radical (unpaired) electrons. The summed E-state index contributed by atoms with van der Waals surface area (Å²) in [7, 11) is 3.85. The zero-order valence-electron chi connectivity index (χ0n) is 15.6. The van der Waals surface area contributed by atoms with E-state index in [9.17, 15) is 9.59 Å². The van der Waals surface area contributed by atoms with Gasteiger partial charge < -0.3 is 15.0 Å². The van der Waals surface area contributed by atoms with E-state index >= 15 is 0 Å². The molecule has 0 aliphatic heterocycles. The van der Waals surface area contributed by atoms with Crippen LogP contribution in [0.4, 0.5) is 11.4 Å². The summed E-state index contributed by atoms with van der Waals surface area (Å²) in [6.07, 6.45) is -0.912. The number of benzene rings is 3. The van der Waals surface area contributed by atoms with Gasteiger partial charge in [-0.1, -0.05) is 36.4 Å². The maximum Gasteiger partial charge on any atom is 0.338 e. The average molecular weight is 362 g/mol. The summed E-state index contributed by atoms with van der Waals surface area (Å²) in [4.78, 5) is 26.7. The molecule has 0 bridgehead atoms. The minimum Gasteiger partial charge on any atom is -0.449 e. The van der Waals surface area contributed by atoms with Gasteiger partial charge in [-0.25, -0.2) is 4.79 Å². The molecule has 3 aromatic rings. The van der Waals surface area contributed by atoms with E-state index in [0.29, 0.717) is 11.3 Å². The van der Waals surface area contributed by atoms with Gasteiger partial charge in [-0.15, -0.1) is 0 Å². The van der Waals surface area contributed by atoms with Gasteiger partial charge in [-0.3, -0.25) is 4.79 Å². The fraction of sp³-hybridized carbons (Fsp3) is 0.182. The first-order chi connectivity index (χ1) is 13.0. The molecule has 0 saturated carbocycles. The SMILES string of the molecule is C[C@@H](OC(=O)c1ccc(N(C)C)cc1)C(=O)Nc1cccc2ccccc12. The lowest BCUT2D eigenvalue weighted by molar-refractivity contribution is -0.123. The highest BCUT2D eigenvalue weighted by Gasteiger charge is 2.19. The minimum absolute atomic E-state index is 0.371. The molecular formula is C22H22N2O3. The average Bonchev–Trinajstić information content (AvgIpc) is 2.68. The summed E-state index contributed by atoms with van der Waals surface area (Å²) in [5.41, 5.74) is 2.08. The van der Waals surface area contributed by atoms with E-state index in [1.807, 2.05) is 73.6 Å². The van der Waals surface area contributed by atoms with Crippen LogP contribution in [0, 0.1) is 0 Å². The molecule has 27 heavy (non-hydrogen) atoms. The largest absolute Gasteiger partial charge is 0.449 e. The predicted octanol–water partition coefficient (Wildman–Crippen LogP) is 4.09. The van der Waals surface area contributed by atoms with Crippen LogP contribution in [0.15, 0.2) is 66.7 Å². The number of rotatable bonds is 5. The van der Waals surface area contributed by atoms with Crippen LogP contribution >= 0.6 is 0 Å². The van der Waals surface area contributed by atoms with Gasteiger partial charge in [0.2, 0.25) is 0 Å². The molecule has 0 aliphatic rings. The lowest BCUT2D eigenvalue weighted by atomic mass is 10.1. The maximum absolute atomic E-state index is 12.5. The van der Waals surface area contributed by atoms with Gasteiger partial charge in [-0.05, 0) is 42.6 Å². The van der Waals surface area contributed by atoms with Gasteiger partial charge in [0.15, 0.2) is 6.10 Å². The highest BCUT2D eigenvalue weighted by Crippen LogP contribution is 2.23. The molecule has 0 aromatic heterocycles. The fourth-order valence-corrected chi connectivity index (χ4v) is 2.75. The van der Waals surface area contributed by atoms with Crippen molar-refractivity contribution < 1.29 is 14.3 Å². The minimum atomic E-state index is -0.912. The summed E-state index contributed by atoms with van der Waals surface area (Å²) >= 11 is 0. The number of anilines is 2. The Balaban J connectivity index is 1.67. The third-order valence-electron chi connectivity index (χ3n) is 4.32. The van der Waals surface area contributed by atoms with Crippen LogP contribution in [-0.2, 0) is 9.53 Å². The van der Waals surface area contributed by atoms with Crippen LogP contribution in [0.2, 0.25) is 0 Å². The molecule has 0 spiro atoms. The fourth-order valence-electron chi connectivity index (χ4n) is 2.75. The number of carbonyl (C=O) groups excluding carboxylic acids is 2. The van der Waals surface area contributed by atoms with Crippen molar-refractivity contribution in [3.8, 4) is 0 Å².